The Bertz CT molecular complexity index is 677. The summed E-state index contributed by atoms with van der Waals surface area (Å²) >= 11 is 0. The van der Waals surface area contributed by atoms with Gasteiger partial charge in [0.15, 0.2) is 11.5 Å². The maximum atomic E-state index is 11.8. The first-order valence-corrected chi connectivity index (χ1v) is 9.67. The number of piperidine rings is 1. The summed E-state index contributed by atoms with van der Waals surface area (Å²) in [6.45, 7) is 3.29. The number of sulfonamides is 1. The van der Waals surface area contributed by atoms with E-state index in [0.29, 0.717) is 12.5 Å². The van der Waals surface area contributed by atoms with Crippen molar-refractivity contribution < 1.29 is 17.9 Å². The summed E-state index contributed by atoms with van der Waals surface area (Å²) in [5.74, 6) is 1.96. The summed E-state index contributed by atoms with van der Waals surface area (Å²) in [5.41, 5.74) is 1.14. The molecule has 0 N–H and O–H groups in total. The van der Waals surface area contributed by atoms with Crippen LogP contribution in [0.2, 0.25) is 0 Å². The van der Waals surface area contributed by atoms with Crippen molar-refractivity contribution >= 4 is 10.0 Å². The van der Waals surface area contributed by atoms with Crippen LogP contribution in [0.25, 0.3) is 0 Å². The fourth-order valence-electron chi connectivity index (χ4n) is 3.58. The molecule has 3 rings (SSSR count). The van der Waals surface area contributed by atoms with Crippen molar-refractivity contribution in [2.45, 2.75) is 19.0 Å². The minimum absolute atomic E-state index is 0.138. The van der Waals surface area contributed by atoms with Crippen LogP contribution in [0.1, 0.15) is 12.0 Å². The molecular formula is C16H24N2O4S. The molecular weight excluding hydrogens is 316 g/mol. The summed E-state index contributed by atoms with van der Waals surface area (Å²) in [6.07, 6.45) is 2.36. The highest BCUT2D eigenvalue weighted by Crippen LogP contribution is 2.35. The van der Waals surface area contributed by atoms with Gasteiger partial charge >= 0.3 is 0 Å². The van der Waals surface area contributed by atoms with Gasteiger partial charge in [0.25, 0.3) is 0 Å². The van der Waals surface area contributed by atoms with Gasteiger partial charge in [0.1, 0.15) is 0 Å². The fourth-order valence-corrected chi connectivity index (χ4v) is 4.77. The Morgan fingerprint density at radius 2 is 1.91 bits per heavy atom. The Morgan fingerprint density at radius 1 is 1.17 bits per heavy atom. The Hall–Kier alpha value is -1.31. The molecule has 1 aromatic rings. The second-order valence-electron chi connectivity index (χ2n) is 6.37. The Labute approximate surface area is 138 Å². The average Bonchev–Trinajstić information content (AvgIpc) is 2.48. The van der Waals surface area contributed by atoms with E-state index in [1.54, 1.807) is 18.5 Å². The SMILES string of the molecule is COc1ccc(CN2CC[C@@H]3CN(S(C)(=O)=O)[C@@H]3C2)cc1OC. The first-order chi connectivity index (χ1) is 10.9. The third-order valence-electron chi connectivity index (χ3n) is 4.87. The Morgan fingerprint density at radius 3 is 2.57 bits per heavy atom. The molecule has 0 bridgehead atoms. The summed E-state index contributed by atoms with van der Waals surface area (Å²) in [7, 11) is 0.172. The first-order valence-electron chi connectivity index (χ1n) is 7.82. The summed E-state index contributed by atoms with van der Waals surface area (Å²) < 4.78 is 35.8. The molecule has 2 atom stereocenters. The first kappa shape index (κ1) is 16.5. The molecule has 7 heteroatoms. The van der Waals surface area contributed by atoms with E-state index in [-0.39, 0.29) is 6.04 Å². The zero-order valence-electron chi connectivity index (χ0n) is 13.9. The zero-order valence-corrected chi connectivity index (χ0v) is 14.7. The number of benzene rings is 1. The third kappa shape index (κ3) is 3.32. The predicted octanol–water partition coefficient (Wildman–Crippen LogP) is 1.17. The van der Waals surface area contributed by atoms with E-state index in [4.69, 9.17) is 9.47 Å². The van der Waals surface area contributed by atoms with Crippen LogP contribution in [0, 0.1) is 5.92 Å². The third-order valence-corrected chi connectivity index (χ3v) is 6.14. The summed E-state index contributed by atoms with van der Waals surface area (Å²) in [6, 6.07) is 6.06. The fraction of sp³-hybridized carbons (Fsp3) is 0.625. The minimum atomic E-state index is -3.08. The van der Waals surface area contributed by atoms with Crippen molar-refractivity contribution in [1.82, 2.24) is 9.21 Å². The van der Waals surface area contributed by atoms with Crippen molar-refractivity contribution in [3.05, 3.63) is 23.8 Å². The maximum Gasteiger partial charge on any atom is 0.211 e. The molecule has 0 aromatic heterocycles. The number of fused-ring (bicyclic) bond motifs is 1. The van der Waals surface area contributed by atoms with E-state index >= 15 is 0 Å². The number of nitrogens with zero attached hydrogens (tertiary/aromatic N) is 2. The van der Waals surface area contributed by atoms with E-state index in [1.165, 1.54) is 6.26 Å². The van der Waals surface area contributed by atoms with Crippen LogP contribution in [-0.2, 0) is 16.6 Å². The normalized spacial score (nSPS) is 25.5. The van der Waals surface area contributed by atoms with Crippen molar-refractivity contribution in [1.29, 1.82) is 0 Å². The molecule has 23 heavy (non-hydrogen) atoms. The smallest absolute Gasteiger partial charge is 0.211 e. The number of rotatable bonds is 5. The molecule has 2 aliphatic rings. The molecule has 6 nitrogen and oxygen atoms in total. The van der Waals surface area contributed by atoms with Crippen LogP contribution in [0.4, 0.5) is 0 Å². The molecule has 1 aromatic carbocycles. The monoisotopic (exact) mass is 340 g/mol. The van der Waals surface area contributed by atoms with Crippen LogP contribution in [0.5, 0.6) is 11.5 Å². The summed E-state index contributed by atoms with van der Waals surface area (Å²) in [5, 5.41) is 0. The molecule has 0 spiro atoms. The standard InChI is InChI=1S/C16H24N2O4S/c1-21-15-5-4-12(8-16(15)22-2)9-17-7-6-13-10-18(14(13)11-17)23(3,19)20/h4-5,8,13-14H,6-7,9-11H2,1-3H3/t13-,14-/m1/s1. The lowest BCUT2D eigenvalue weighted by Crippen LogP contribution is -2.65. The zero-order chi connectivity index (χ0) is 16.6. The predicted molar refractivity (Wildman–Crippen MR) is 88.3 cm³/mol. The number of methoxy groups -OCH3 is 2. The summed E-state index contributed by atoms with van der Waals surface area (Å²) in [4.78, 5) is 2.32. The minimum Gasteiger partial charge on any atom is -0.493 e. The van der Waals surface area contributed by atoms with Gasteiger partial charge in [0, 0.05) is 25.7 Å². The van der Waals surface area contributed by atoms with Gasteiger partial charge in [0.2, 0.25) is 10.0 Å². The van der Waals surface area contributed by atoms with Crippen LogP contribution in [0.3, 0.4) is 0 Å². The van der Waals surface area contributed by atoms with Gasteiger partial charge in [-0.15, -0.1) is 0 Å². The molecule has 0 amide bonds. The average molecular weight is 340 g/mol. The number of hydrogen-bond acceptors (Lipinski definition) is 5. The molecule has 128 valence electrons. The highest BCUT2D eigenvalue weighted by molar-refractivity contribution is 7.88. The van der Waals surface area contributed by atoms with Crippen LogP contribution < -0.4 is 9.47 Å². The largest absolute Gasteiger partial charge is 0.493 e. The van der Waals surface area contributed by atoms with Gasteiger partial charge in [-0.2, -0.15) is 4.31 Å². The van der Waals surface area contributed by atoms with Crippen LogP contribution in [-0.4, -0.2) is 63.8 Å². The van der Waals surface area contributed by atoms with E-state index < -0.39 is 10.0 Å². The lowest BCUT2D eigenvalue weighted by atomic mass is 9.84. The quantitative estimate of drug-likeness (QED) is 0.805. The van der Waals surface area contributed by atoms with Gasteiger partial charge in [-0.3, -0.25) is 4.90 Å². The molecule has 0 unspecified atom stereocenters. The van der Waals surface area contributed by atoms with E-state index in [9.17, 15) is 8.42 Å². The van der Waals surface area contributed by atoms with Crippen LogP contribution in [0.15, 0.2) is 18.2 Å². The highest BCUT2D eigenvalue weighted by Gasteiger charge is 2.46. The molecule has 0 radical (unpaired) electrons. The lowest BCUT2D eigenvalue weighted by Gasteiger charge is -2.52. The molecule has 2 aliphatic heterocycles. The van der Waals surface area contributed by atoms with E-state index in [1.807, 2.05) is 18.2 Å². The molecule has 0 saturated carbocycles. The Kier molecular flexibility index (Phi) is 4.53. The molecule has 2 fully saturated rings. The van der Waals surface area contributed by atoms with Gasteiger partial charge in [0.05, 0.1) is 20.5 Å². The molecule has 2 saturated heterocycles. The number of likely N-dealkylation sites (tertiary alicyclic amines) is 1. The number of ether oxygens (including phenoxy) is 2. The van der Waals surface area contributed by atoms with Crippen molar-refractivity contribution in [2.75, 3.05) is 40.1 Å². The second kappa shape index (κ2) is 6.30. The number of hydrogen-bond donors (Lipinski definition) is 0. The second-order valence-corrected chi connectivity index (χ2v) is 8.31. The molecule has 2 heterocycles. The van der Waals surface area contributed by atoms with Gasteiger partial charge in [-0.1, -0.05) is 6.07 Å². The topological polar surface area (TPSA) is 59.1 Å². The van der Waals surface area contributed by atoms with Crippen molar-refractivity contribution in [3.63, 3.8) is 0 Å². The highest BCUT2D eigenvalue weighted by atomic mass is 32.2. The van der Waals surface area contributed by atoms with Crippen LogP contribution >= 0.6 is 0 Å². The van der Waals surface area contributed by atoms with Crippen molar-refractivity contribution in [3.8, 4) is 11.5 Å². The van der Waals surface area contributed by atoms with Gasteiger partial charge in [-0.25, -0.2) is 8.42 Å². The van der Waals surface area contributed by atoms with Gasteiger partial charge < -0.3 is 9.47 Å². The lowest BCUT2D eigenvalue weighted by molar-refractivity contribution is 0.0110. The maximum absolute atomic E-state index is 11.8. The van der Waals surface area contributed by atoms with Gasteiger partial charge in [-0.05, 0) is 36.6 Å². The molecule has 0 aliphatic carbocycles. The van der Waals surface area contributed by atoms with E-state index in [0.717, 1.165) is 43.1 Å². The van der Waals surface area contributed by atoms with Crippen molar-refractivity contribution in [2.24, 2.45) is 5.92 Å². The Balaban J connectivity index is 1.67. The van der Waals surface area contributed by atoms with E-state index in [2.05, 4.69) is 4.90 Å².